The van der Waals surface area contributed by atoms with Crippen molar-refractivity contribution in [2.45, 2.75) is 0 Å². The van der Waals surface area contributed by atoms with Crippen LogP contribution in [0.2, 0.25) is 0 Å². The van der Waals surface area contributed by atoms with Crippen LogP contribution in [0.4, 0.5) is 0 Å². The van der Waals surface area contributed by atoms with E-state index >= 15 is 0 Å². The van der Waals surface area contributed by atoms with Crippen molar-refractivity contribution in [1.82, 2.24) is 0 Å². The van der Waals surface area contributed by atoms with E-state index in [9.17, 15) is 4.79 Å². The SMILES string of the molecule is O=C(c1ccccc1OP(Oc1ccccc1)Oc1ccccc1)c1ccccc1OP(Oc1ccccc1)Oc1ccccc1. The summed E-state index contributed by atoms with van der Waals surface area (Å²) >= 11 is 0. The Morgan fingerprint density at radius 1 is 0.326 bits per heavy atom. The standard InChI is InChI=1S/C37H28O7P2/c38-37(33-25-13-15-27-35(33)43-45(39-29-17-5-1-6-18-29)40-30-19-7-2-8-20-30)34-26-14-16-28-36(34)44-46(41-31-21-9-3-10-22-31)42-32-23-11-4-12-24-32/h1-28H. The molecule has 0 spiro atoms. The number of benzene rings is 6. The molecule has 0 aliphatic rings. The molecule has 0 aliphatic heterocycles. The molecule has 0 aliphatic carbocycles. The second kappa shape index (κ2) is 15.6. The monoisotopic (exact) mass is 646 g/mol. The van der Waals surface area contributed by atoms with E-state index in [0.717, 1.165) is 0 Å². The van der Waals surface area contributed by atoms with Crippen molar-refractivity contribution in [3.63, 3.8) is 0 Å². The molecule has 6 aromatic rings. The number of para-hydroxylation sites is 6. The van der Waals surface area contributed by atoms with Gasteiger partial charge in [0, 0.05) is 0 Å². The molecule has 228 valence electrons. The van der Waals surface area contributed by atoms with Crippen LogP contribution in [-0.2, 0) is 0 Å². The maximum Gasteiger partial charge on any atom is 0.530 e. The fourth-order valence-electron chi connectivity index (χ4n) is 4.15. The van der Waals surface area contributed by atoms with E-state index in [2.05, 4.69) is 0 Å². The molecule has 6 rings (SSSR count). The highest BCUT2D eigenvalue weighted by atomic mass is 31.2. The van der Waals surface area contributed by atoms with Crippen LogP contribution in [0.15, 0.2) is 170 Å². The summed E-state index contributed by atoms with van der Waals surface area (Å²) in [6.07, 6.45) is 0. The van der Waals surface area contributed by atoms with Gasteiger partial charge in [-0.1, -0.05) is 97.1 Å². The lowest BCUT2D eigenvalue weighted by molar-refractivity contribution is 0.103. The molecule has 0 saturated carbocycles. The Morgan fingerprint density at radius 2 is 0.587 bits per heavy atom. The van der Waals surface area contributed by atoms with Crippen molar-refractivity contribution in [1.29, 1.82) is 0 Å². The normalized spacial score (nSPS) is 10.7. The van der Waals surface area contributed by atoms with Crippen LogP contribution < -0.4 is 27.1 Å². The van der Waals surface area contributed by atoms with Gasteiger partial charge in [0.1, 0.15) is 34.5 Å². The molecule has 0 N–H and O–H groups in total. The van der Waals surface area contributed by atoms with E-state index in [1.807, 2.05) is 121 Å². The van der Waals surface area contributed by atoms with E-state index in [1.54, 1.807) is 48.5 Å². The van der Waals surface area contributed by atoms with Crippen LogP contribution in [-0.4, -0.2) is 5.78 Å². The lowest BCUT2D eigenvalue weighted by atomic mass is 10.0. The lowest BCUT2D eigenvalue weighted by Gasteiger charge is -2.20. The average Bonchev–Trinajstić information content (AvgIpc) is 3.10. The number of hydrogen-bond acceptors (Lipinski definition) is 7. The number of hydrogen-bond donors (Lipinski definition) is 0. The molecule has 0 fully saturated rings. The molecular weight excluding hydrogens is 618 g/mol. The summed E-state index contributed by atoms with van der Waals surface area (Å²) in [6, 6.07) is 50.8. The van der Waals surface area contributed by atoms with Crippen molar-refractivity contribution < 1.29 is 31.9 Å². The highest BCUT2D eigenvalue weighted by Gasteiger charge is 2.27. The van der Waals surface area contributed by atoms with Crippen LogP contribution in [0.5, 0.6) is 34.5 Å². The van der Waals surface area contributed by atoms with Gasteiger partial charge < -0.3 is 27.1 Å². The third kappa shape index (κ3) is 8.42. The van der Waals surface area contributed by atoms with Crippen molar-refractivity contribution in [2.24, 2.45) is 0 Å². The molecule has 0 radical (unpaired) electrons. The van der Waals surface area contributed by atoms with Crippen LogP contribution in [0.25, 0.3) is 0 Å². The Labute approximate surface area is 269 Å². The molecule has 0 bridgehead atoms. The van der Waals surface area contributed by atoms with E-state index in [0.29, 0.717) is 45.6 Å². The summed E-state index contributed by atoms with van der Waals surface area (Å²) < 4.78 is 37.0. The predicted molar refractivity (Wildman–Crippen MR) is 180 cm³/mol. The van der Waals surface area contributed by atoms with Gasteiger partial charge in [-0.05, 0) is 72.8 Å². The van der Waals surface area contributed by atoms with Crippen molar-refractivity contribution in [3.05, 3.63) is 181 Å². The quantitative estimate of drug-likeness (QED) is 0.0861. The maximum atomic E-state index is 14.2. The molecule has 46 heavy (non-hydrogen) atoms. The molecule has 7 nitrogen and oxygen atoms in total. The highest BCUT2D eigenvalue weighted by Crippen LogP contribution is 2.45. The zero-order valence-corrected chi connectivity index (χ0v) is 26.2. The molecule has 0 heterocycles. The summed E-state index contributed by atoms with van der Waals surface area (Å²) in [5.74, 6) is 2.53. The third-order valence-corrected chi connectivity index (χ3v) is 8.43. The Kier molecular flexibility index (Phi) is 10.4. The minimum absolute atomic E-state index is 0.295. The largest absolute Gasteiger partial charge is 0.530 e. The number of carbonyl (C=O) groups is 1. The summed E-state index contributed by atoms with van der Waals surface area (Å²) in [5.41, 5.74) is 0.605. The van der Waals surface area contributed by atoms with Gasteiger partial charge in [-0.15, -0.1) is 0 Å². The maximum absolute atomic E-state index is 14.2. The molecular formula is C37H28O7P2. The molecule has 9 heteroatoms. The summed E-state index contributed by atoms with van der Waals surface area (Å²) in [5, 5.41) is 0. The fourth-order valence-corrected chi connectivity index (χ4v) is 6.19. The van der Waals surface area contributed by atoms with Gasteiger partial charge >= 0.3 is 17.2 Å². The zero-order chi connectivity index (χ0) is 31.4. The van der Waals surface area contributed by atoms with Crippen LogP contribution >= 0.6 is 17.2 Å². The first-order valence-corrected chi connectivity index (χ1v) is 16.5. The van der Waals surface area contributed by atoms with Gasteiger partial charge in [0.25, 0.3) is 0 Å². The molecule has 0 saturated heterocycles. The summed E-state index contributed by atoms with van der Waals surface area (Å²) in [7, 11) is -4.00. The number of ketones is 1. The minimum Gasteiger partial charge on any atom is -0.409 e. The van der Waals surface area contributed by atoms with Crippen molar-refractivity contribution >= 4 is 23.0 Å². The van der Waals surface area contributed by atoms with E-state index in [-0.39, 0.29) is 5.78 Å². The second-order valence-electron chi connectivity index (χ2n) is 9.57. The first-order valence-electron chi connectivity index (χ1n) is 14.3. The van der Waals surface area contributed by atoms with E-state index in [1.165, 1.54) is 0 Å². The van der Waals surface area contributed by atoms with Crippen molar-refractivity contribution in [2.75, 3.05) is 0 Å². The van der Waals surface area contributed by atoms with Gasteiger partial charge in [-0.25, -0.2) is 0 Å². The lowest BCUT2D eigenvalue weighted by Crippen LogP contribution is -2.09. The summed E-state index contributed by atoms with van der Waals surface area (Å²) in [4.78, 5) is 14.2. The van der Waals surface area contributed by atoms with Crippen LogP contribution in [0.1, 0.15) is 15.9 Å². The summed E-state index contributed by atoms with van der Waals surface area (Å²) in [6.45, 7) is 0. The molecule has 6 aromatic carbocycles. The Morgan fingerprint density at radius 3 is 0.891 bits per heavy atom. The van der Waals surface area contributed by atoms with Gasteiger partial charge in [0.2, 0.25) is 5.78 Å². The highest BCUT2D eigenvalue weighted by molar-refractivity contribution is 7.43. The van der Waals surface area contributed by atoms with E-state index < -0.39 is 17.2 Å². The average molecular weight is 647 g/mol. The first kappa shape index (κ1) is 30.7. The van der Waals surface area contributed by atoms with E-state index in [4.69, 9.17) is 27.1 Å². The number of carbonyl (C=O) groups excluding carboxylic acids is 1. The van der Waals surface area contributed by atoms with Gasteiger partial charge in [-0.2, -0.15) is 0 Å². The van der Waals surface area contributed by atoms with Crippen LogP contribution in [0, 0.1) is 0 Å². The minimum atomic E-state index is -2.00. The first-order chi connectivity index (χ1) is 22.7. The molecule has 0 unspecified atom stereocenters. The molecule has 0 aromatic heterocycles. The fraction of sp³-hybridized carbons (Fsp3) is 0. The third-order valence-electron chi connectivity index (χ3n) is 6.30. The number of rotatable bonds is 14. The zero-order valence-electron chi connectivity index (χ0n) is 24.4. The smallest absolute Gasteiger partial charge is 0.409 e. The molecule has 0 amide bonds. The van der Waals surface area contributed by atoms with Gasteiger partial charge in [0.05, 0.1) is 11.1 Å². The molecule has 0 atom stereocenters. The topological polar surface area (TPSA) is 72.5 Å². The Hall–Kier alpha value is -5.35. The second-order valence-corrected chi connectivity index (χ2v) is 11.6. The van der Waals surface area contributed by atoms with Gasteiger partial charge in [0.15, 0.2) is 0 Å². The van der Waals surface area contributed by atoms with Gasteiger partial charge in [-0.3, -0.25) is 4.79 Å². The Bertz CT molecular complexity index is 1610. The predicted octanol–water partition coefficient (Wildman–Crippen LogP) is 10.4. The van der Waals surface area contributed by atoms with Crippen LogP contribution in [0.3, 0.4) is 0 Å². The van der Waals surface area contributed by atoms with Crippen molar-refractivity contribution in [3.8, 4) is 34.5 Å². The Balaban J connectivity index is 1.27.